The Labute approximate surface area is 166 Å². The molecule has 27 heavy (non-hydrogen) atoms. The van der Waals surface area contributed by atoms with Crippen molar-refractivity contribution in [2.24, 2.45) is 0 Å². The lowest BCUT2D eigenvalue weighted by atomic mass is 10.2. The van der Waals surface area contributed by atoms with E-state index in [1.807, 2.05) is 17.0 Å². The van der Waals surface area contributed by atoms with E-state index in [2.05, 4.69) is 53.2 Å². The molecule has 2 aromatic rings. The molecule has 0 bridgehead atoms. The van der Waals surface area contributed by atoms with Gasteiger partial charge in [0.15, 0.2) is 0 Å². The first-order chi connectivity index (χ1) is 13.1. The van der Waals surface area contributed by atoms with E-state index in [9.17, 15) is 4.79 Å². The predicted molar refractivity (Wildman–Crippen MR) is 114 cm³/mol. The molecule has 0 aliphatic carbocycles. The maximum atomic E-state index is 12.4. The molecule has 2 aromatic carbocycles. The summed E-state index contributed by atoms with van der Waals surface area (Å²) < 4.78 is 0. The zero-order valence-electron chi connectivity index (χ0n) is 16.0. The number of halogens is 1. The molecule has 1 aliphatic rings. The van der Waals surface area contributed by atoms with Crippen molar-refractivity contribution < 1.29 is 4.79 Å². The minimum Gasteiger partial charge on any atom is -0.372 e. The number of carbonyl (C=O) groups excluding carboxylic acids is 1. The van der Waals surface area contributed by atoms with Crippen molar-refractivity contribution in [3.05, 3.63) is 53.6 Å². The molecular formula is C21H27ClN4O. The maximum absolute atomic E-state index is 12.4. The molecular weight excluding hydrogens is 360 g/mol. The third-order valence-electron chi connectivity index (χ3n) is 5.01. The van der Waals surface area contributed by atoms with Crippen LogP contribution in [0.1, 0.15) is 13.8 Å². The third kappa shape index (κ3) is 4.86. The van der Waals surface area contributed by atoms with Gasteiger partial charge in [0.1, 0.15) is 0 Å². The van der Waals surface area contributed by atoms with Crippen molar-refractivity contribution in [1.29, 1.82) is 0 Å². The molecule has 1 saturated heterocycles. The van der Waals surface area contributed by atoms with Crippen molar-refractivity contribution in [1.82, 2.24) is 4.90 Å². The molecule has 0 aromatic heterocycles. The molecule has 1 aliphatic heterocycles. The van der Waals surface area contributed by atoms with E-state index in [1.165, 1.54) is 11.4 Å². The molecule has 6 heteroatoms. The number of nitrogens with one attached hydrogen (secondary N) is 1. The van der Waals surface area contributed by atoms with Gasteiger partial charge in [-0.1, -0.05) is 11.6 Å². The topological polar surface area (TPSA) is 38.8 Å². The van der Waals surface area contributed by atoms with E-state index in [0.717, 1.165) is 31.9 Å². The van der Waals surface area contributed by atoms with Crippen LogP contribution in [0.3, 0.4) is 0 Å². The van der Waals surface area contributed by atoms with Gasteiger partial charge in [-0.3, -0.25) is 0 Å². The Morgan fingerprint density at radius 3 is 2.11 bits per heavy atom. The number of anilines is 3. The molecule has 2 amide bonds. The van der Waals surface area contributed by atoms with Crippen LogP contribution in [0.25, 0.3) is 0 Å². The molecule has 0 radical (unpaired) electrons. The lowest BCUT2D eigenvalue weighted by Gasteiger charge is -2.36. The minimum absolute atomic E-state index is 0.0612. The second-order valence-electron chi connectivity index (χ2n) is 6.60. The molecule has 0 spiro atoms. The zero-order chi connectivity index (χ0) is 19.2. The van der Waals surface area contributed by atoms with Crippen molar-refractivity contribution >= 4 is 34.7 Å². The van der Waals surface area contributed by atoms with E-state index in [4.69, 9.17) is 11.6 Å². The summed E-state index contributed by atoms with van der Waals surface area (Å²) in [7, 11) is 0. The van der Waals surface area contributed by atoms with Crippen LogP contribution in [-0.2, 0) is 0 Å². The van der Waals surface area contributed by atoms with Crippen LogP contribution in [0, 0.1) is 0 Å². The van der Waals surface area contributed by atoms with Crippen LogP contribution in [0.4, 0.5) is 21.9 Å². The van der Waals surface area contributed by atoms with Gasteiger partial charge in [-0.05, 0) is 62.4 Å². The van der Waals surface area contributed by atoms with E-state index in [-0.39, 0.29) is 6.03 Å². The van der Waals surface area contributed by atoms with Crippen molar-refractivity contribution in [3.8, 4) is 0 Å². The normalized spacial score (nSPS) is 14.2. The third-order valence-corrected chi connectivity index (χ3v) is 5.26. The fourth-order valence-corrected chi connectivity index (χ4v) is 3.49. The van der Waals surface area contributed by atoms with Gasteiger partial charge in [-0.15, -0.1) is 0 Å². The maximum Gasteiger partial charge on any atom is 0.321 e. The molecule has 1 N–H and O–H groups in total. The zero-order valence-corrected chi connectivity index (χ0v) is 16.7. The summed E-state index contributed by atoms with van der Waals surface area (Å²) in [4.78, 5) is 19.0. The highest BCUT2D eigenvalue weighted by Crippen LogP contribution is 2.22. The first kappa shape index (κ1) is 19.4. The highest BCUT2D eigenvalue weighted by Gasteiger charge is 2.21. The quantitative estimate of drug-likeness (QED) is 0.819. The minimum atomic E-state index is -0.0612. The van der Waals surface area contributed by atoms with Gasteiger partial charge in [0.25, 0.3) is 0 Å². The smallest absolute Gasteiger partial charge is 0.321 e. The Kier molecular flexibility index (Phi) is 6.45. The Bertz CT molecular complexity index is 736. The fourth-order valence-electron chi connectivity index (χ4n) is 3.37. The number of carbonyl (C=O) groups is 1. The molecule has 5 nitrogen and oxygen atoms in total. The molecule has 3 rings (SSSR count). The predicted octanol–water partition coefficient (Wildman–Crippen LogP) is 4.54. The van der Waals surface area contributed by atoms with Crippen LogP contribution < -0.4 is 15.1 Å². The monoisotopic (exact) mass is 386 g/mol. The highest BCUT2D eigenvalue weighted by atomic mass is 35.5. The number of nitrogens with zero attached hydrogens (tertiary/aromatic N) is 3. The number of hydrogen-bond acceptors (Lipinski definition) is 3. The van der Waals surface area contributed by atoms with E-state index >= 15 is 0 Å². The highest BCUT2D eigenvalue weighted by molar-refractivity contribution is 6.30. The molecule has 0 atom stereocenters. The number of amides is 2. The summed E-state index contributed by atoms with van der Waals surface area (Å²) in [6, 6.07) is 15.8. The molecule has 1 heterocycles. The standard InChI is InChI=1S/C21H27ClN4O/c1-3-24(4-2)19-9-11-20(12-10-19)25-13-15-26(16-14-25)21(27)23-18-7-5-17(22)6-8-18/h5-12H,3-4,13-16H2,1-2H3,(H,23,27). The van der Waals surface area contributed by atoms with Crippen molar-refractivity contribution in [3.63, 3.8) is 0 Å². The summed E-state index contributed by atoms with van der Waals surface area (Å²) in [5.74, 6) is 0. The van der Waals surface area contributed by atoms with Crippen LogP contribution in [0.5, 0.6) is 0 Å². The van der Waals surface area contributed by atoms with Crippen LogP contribution >= 0.6 is 11.6 Å². The first-order valence-electron chi connectivity index (χ1n) is 9.52. The second kappa shape index (κ2) is 9.00. The van der Waals surface area contributed by atoms with Crippen LogP contribution in [0.2, 0.25) is 5.02 Å². The van der Waals surface area contributed by atoms with Crippen LogP contribution in [0.15, 0.2) is 48.5 Å². The summed E-state index contributed by atoms with van der Waals surface area (Å²) in [6.45, 7) is 9.44. The Balaban J connectivity index is 1.53. The number of urea groups is 1. The van der Waals surface area contributed by atoms with Crippen LogP contribution in [-0.4, -0.2) is 50.2 Å². The van der Waals surface area contributed by atoms with Crippen molar-refractivity contribution in [2.75, 3.05) is 54.4 Å². The molecule has 0 saturated carbocycles. The number of rotatable bonds is 5. The molecule has 144 valence electrons. The Morgan fingerprint density at radius 1 is 0.963 bits per heavy atom. The fraction of sp³-hybridized carbons (Fsp3) is 0.381. The SMILES string of the molecule is CCN(CC)c1ccc(N2CCN(C(=O)Nc3ccc(Cl)cc3)CC2)cc1. The Morgan fingerprint density at radius 2 is 1.56 bits per heavy atom. The van der Waals surface area contributed by atoms with Gasteiger partial charge < -0.3 is 20.0 Å². The van der Waals surface area contributed by atoms with Gasteiger partial charge in [0.05, 0.1) is 0 Å². The summed E-state index contributed by atoms with van der Waals surface area (Å²) in [5.41, 5.74) is 3.23. The van der Waals surface area contributed by atoms with E-state index < -0.39 is 0 Å². The summed E-state index contributed by atoms with van der Waals surface area (Å²) >= 11 is 5.88. The van der Waals surface area contributed by atoms with Gasteiger partial charge >= 0.3 is 6.03 Å². The largest absolute Gasteiger partial charge is 0.372 e. The summed E-state index contributed by atoms with van der Waals surface area (Å²) in [6.07, 6.45) is 0. The number of hydrogen-bond donors (Lipinski definition) is 1. The second-order valence-corrected chi connectivity index (χ2v) is 7.04. The number of benzene rings is 2. The average Bonchev–Trinajstić information content (AvgIpc) is 2.71. The van der Waals surface area contributed by atoms with E-state index in [1.54, 1.807) is 12.1 Å². The molecule has 0 unspecified atom stereocenters. The summed E-state index contributed by atoms with van der Waals surface area (Å²) in [5, 5.41) is 3.59. The molecule has 1 fully saturated rings. The average molecular weight is 387 g/mol. The van der Waals surface area contributed by atoms with Gasteiger partial charge in [0, 0.05) is 61.4 Å². The lowest BCUT2D eigenvalue weighted by molar-refractivity contribution is 0.208. The lowest BCUT2D eigenvalue weighted by Crippen LogP contribution is -2.50. The first-order valence-corrected chi connectivity index (χ1v) is 9.90. The van der Waals surface area contributed by atoms with Gasteiger partial charge in [-0.2, -0.15) is 0 Å². The Hall–Kier alpha value is -2.40. The van der Waals surface area contributed by atoms with Gasteiger partial charge in [-0.25, -0.2) is 4.79 Å². The van der Waals surface area contributed by atoms with Crippen molar-refractivity contribution in [2.45, 2.75) is 13.8 Å². The number of piperazine rings is 1. The van der Waals surface area contributed by atoms with Gasteiger partial charge in [0.2, 0.25) is 0 Å². The van der Waals surface area contributed by atoms with E-state index in [0.29, 0.717) is 18.1 Å².